The Balaban J connectivity index is 1.62. The van der Waals surface area contributed by atoms with Crippen molar-refractivity contribution in [2.24, 2.45) is 0 Å². The van der Waals surface area contributed by atoms with Crippen molar-refractivity contribution >= 4 is 11.6 Å². The molecule has 3 aromatic rings. The zero-order valence-electron chi connectivity index (χ0n) is 11.8. The predicted octanol–water partition coefficient (Wildman–Crippen LogP) is 2.70. The molecule has 0 saturated heterocycles. The van der Waals surface area contributed by atoms with Crippen LogP contribution in [-0.2, 0) is 24.2 Å². The van der Waals surface area contributed by atoms with Crippen LogP contribution in [-0.4, -0.2) is 27.4 Å². The van der Waals surface area contributed by atoms with Crippen molar-refractivity contribution in [3.63, 3.8) is 0 Å². The molecule has 0 amide bonds. The summed E-state index contributed by atoms with van der Waals surface area (Å²) in [4.78, 5) is 4.18. The molecule has 0 radical (unpaired) electrons. The molecule has 1 aromatic carbocycles. The van der Waals surface area contributed by atoms with Crippen molar-refractivity contribution in [3.8, 4) is 11.5 Å². The molecule has 0 saturated carbocycles. The maximum Gasteiger partial charge on any atom is 0.247 e. The van der Waals surface area contributed by atoms with Gasteiger partial charge in [-0.3, -0.25) is 0 Å². The van der Waals surface area contributed by atoms with E-state index in [0.717, 1.165) is 5.56 Å². The van der Waals surface area contributed by atoms with E-state index >= 15 is 0 Å². The van der Waals surface area contributed by atoms with Crippen molar-refractivity contribution in [1.29, 1.82) is 0 Å². The van der Waals surface area contributed by atoms with Gasteiger partial charge >= 0.3 is 0 Å². The average molecular weight is 321 g/mol. The second-order valence-corrected chi connectivity index (χ2v) is 4.98. The van der Waals surface area contributed by atoms with Gasteiger partial charge < -0.3 is 13.7 Å². The number of hydrogen-bond donors (Lipinski definition) is 0. The lowest BCUT2D eigenvalue weighted by Gasteiger charge is -1.94. The molecule has 22 heavy (non-hydrogen) atoms. The topological polar surface area (TPSA) is 87.1 Å². The number of benzene rings is 1. The Kier molecular flexibility index (Phi) is 4.45. The Morgan fingerprint density at radius 1 is 1.09 bits per heavy atom. The summed E-state index contributed by atoms with van der Waals surface area (Å²) < 4.78 is 15.6. The molecule has 0 bridgehead atoms. The van der Waals surface area contributed by atoms with Gasteiger partial charge in [-0.15, -0.1) is 10.2 Å². The van der Waals surface area contributed by atoms with Crippen LogP contribution in [0.15, 0.2) is 33.2 Å². The minimum Gasteiger partial charge on any atom is -0.421 e. The molecule has 0 aliphatic rings. The van der Waals surface area contributed by atoms with Gasteiger partial charge in [-0.1, -0.05) is 16.8 Å². The first-order valence-electron chi connectivity index (χ1n) is 6.63. The number of aryl methyl sites for hydroxylation is 2. The number of ether oxygens (including phenoxy) is 1. The highest BCUT2D eigenvalue weighted by Gasteiger charge is 2.11. The molecule has 2 aromatic heterocycles. The molecule has 0 aliphatic heterocycles. The van der Waals surface area contributed by atoms with Gasteiger partial charge in [0.2, 0.25) is 17.7 Å². The zero-order valence-corrected chi connectivity index (χ0v) is 12.6. The van der Waals surface area contributed by atoms with E-state index in [4.69, 9.17) is 25.3 Å². The summed E-state index contributed by atoms with van der Waals surface area (Å²) in [5.41, 5.74) is 0.823. The second-order valence-electron chi connectivity index (χ2n) is 4.55. The molecule has 3 rings (SSSR count). The molecular formula is C14H13ClN4O3. The lowest BCUT2D eigenvalue weighted by Crippen LogP contribution is -1.94. The summed E-state index contributed by atoms with van der Waals surface area (Å²) in [6.45, 7) is 0.324. The van der Waals surface area contributed by atoms with E-state index in [2.05, 4.69) is 20.3 Å². The number of hydrogen-bond acceptors (Lipinski definition) is 7. The molecule has 7 nitrogen and oxygen atoms in total. The average Bonchev–Trinajstić information content (AvgIpc) is 3.16. The fourth-order valence-electron chi connectivity index (χ4n) is 1.86. The van der Waals surface area contributed by atoms with Crippen LogP contribution in [0.5, 0.6) is 0 Å². The van der Waals surface area contributed by atoms with Crippen molar-refractivity contribution in [2.45, 2.75) is 19.4 Å². The highest BCUT2D eigenvalue weighted by Crippen LogP contribution is 2.20. The van der Waals surface area contributed by atoms with Crippen LogP contribution < -0.4 is 0 Å². The monoisotopic (exact) mass is 320 g/mol. The van der Waals surface area contributed by atoms with E-state index in [9.17, 15) is 0 Å². The van der Waals surface area contributed by atoms with Crippen LogP contribution >= 0.6 is 11.6 Å². The lowest BCUT2D eigenvalue weighted by molar-refractivity contribution is 0.174. The highest BCUT2D eigenvalue weighted by atomic mass is 35.5. The van der Waals surface area contributed by atoms with E-state index in [-0.39, 0.29) is 0 Å². The van der Waals surface area contributed by atoms with E-state index in [0.29, 0.717) is 48.0 Å². The van der Waals surface area contributed by atoms with Gasteiger partial charge in [0.15, 0.2) is 5.82 Å². The van der Waals surface area contributed by atoms with Gasteiger partial charge in [0, 0.05) is 30.5 Å². The number of halogens is 1. The number of aromatic nitrogens is 4. The highest BCUT2D eigenvalue weighted by molar-refractivity contribution is 6.30. The molecule has 0 unspecified atom stereocenters. The summed E-state index contributed by atoms with van der Waals surface area (Å²) in [5, 5.41) is 12.5. The van der Waals surface area contributed by atoms with E-state index in [1.54, 1.807) is 19.2 Å². The van der Waals surface area contributed by atoms with E-state index < -0.39 is 0 Å². The van der Waals surface area contributed by atoms with Gasteiger partial charge in [0.1, 0.15) is 6.61 Å². The quantitative estimate of drug-likeness (QED) is 0.690. The fourth-order valence-corrected chi connectivity index (χ4v) is 1.98. The SMILES string of the molecule is COCc1noc(CCc2nnc(-c3ccc(Cl)cc3)o2)n1. The molecular weight excluding hydrogens is 308 g/mol. The molecule has 114 valence electrons. The van der Waals surface area contributed by atoms with Crippen molar-refractivity contribution in [2.75, 3.05) is 7.11 Å². The van der Waals surface area contributed by atoms with Gasteiger partial charge in [0.05, 0.1) is 0 Å². The minimum absolute atomic E-state index is 0.324. The summed E-state index contributed by atoms with van der Waals surface area (Å²) in [5.74, 6) is 2.00. The Morgan fingerprint density at radius 2 is 1.86 bits per heavy atom. The van der Waals surface area contributed by atoms with Crippen LogP contribution in [0.25, 0.3) is 11.5 Å². The van der Waals surface area contributed by atoms with Crippen molar-refractivity contribution in [1.82, 2.24) is 20.3 Å². The van der Waals surface area contributed by atoms with Crippen LogP contribution in [0.1, 0.15) is 17.6 Å². The smallest absolute Gasteiger partial charge is 0.247 e. The van der Waals surface area contributed by atoms with Crippen LogP contribution in [0.2, 0.25) is 5.02 Å². The first-order chi connectivity index (χ1) is 10.7. The number of rotatable bonds is 6. The largest absolute Gasteiger partial charge is 0.421 e. The summed E-state index contributed by atoms with van der Waals surface area (Å²) >= 11 is 5.85. The maximum atomic E-state index is 5.85. The third kappa shape index (κ3) is 3.49. The lowest BCUT2D eigenvalue weighted by atomic mass is 10.2. The number of nitrogens with zero attached hydrogens (tertiary/aromatic N) is 4. The minimum atomic E-state index is 0.324. The Morgan fingerprint density at radius 3 is 2.64 bits per heavy atom. The second kappa shape index (κ2) is 6.67. The standard InChI is InChI=1S/C14H13ClN4O3/c1-20-8-11-16-12(22-19-11)6-7-13-17-18-14(21-13)9-2-4-10(15)5-3-9/h2-5H,6-8H2,1H3. The summed E-state index contributed by atoms with van der Waals surface area (Å²) in [6.07, 6.45) is 1.05. The van der Waals surface area contributed by atoms with Gasteiger partial charge in [-0.05, 0) is 24.3 Å². The Bertz CT molecular complexity index is 739. The molecule has 0 fully saturated rings. The first kappa shape index (κ1) is 14.7. The molecule has 0 N–H and O–H groups in total. The third-order valence-electron chi connectivity index (χ3n) is 2.89. The van der Waals surface area contributed by atoms with Crippen molar-refractivity contribution in [3.05, 3.63) is 46.9 Å². The molecule has 0 spiro atoms. The molecule has 2 heterocycles. The van der Waals surface area contributed by atoms with E-state index in [1.807, 2.05) is 12.1 Å². The summed E-state index contributed by atoms with van der Waals surface area (Å²) in [6, 6.07) is 7.20. The summed E-state index contributed by atoms with van der Waals surface area (Å²) in [7, 11) is 1.58. The first-order valence-corrected chi connectivity index (χ1v) is 7.01. The van der Waals surface area contributed by atoms with Gasteiger partial charge in [0.25, 0.3) is 0 Å². The van der Waals surface area contributed by atoms with Crippen LogP contribution in [0.3, 0.4) is 0 Å². The third-order valence-corrected chi connectivity index (χ3v) is 3.15. The van der Waals surface area contributed by atoms with Gasteiger partial charge in [-0.25, -0.2) is 0 Å². The van der Waals surface area contributed by atoms with Crippen molar-refractivity contribution < 1.29 is 13.7 Å². The normalized spacial score (nSPS) is 11.0. The number of methoxy groups -OCH3 is 1. The van der Waals surface area contributed by atoms with Gasteiger partial charge in [-0.2, -0.15) is 4.98 Å². The maximum absolute atomic E-state index is 5.85. The Hall–Kier alpha value is -2.25. The molecule has 0 atom stereocenters. The van der Waals surface area contributed by atoms with Crippen LogP contribution in [0.4, 0.5) is 0 Å². The fraction of sp³-hybridized carbons (Fsp3) is 0.286. The molecule has 0 aliphatic carbocycles. The Labute approximate surface area is 131 Å². The molecule has 8 heteroatoms. The predicted molar refractivity (Wildman–Crippen MR) is 77.2 cm³/mol. The van der Waals surface area contributed by atoms with E-state index in [1.165, 1.54) is 0 Å². The zero-order chi connectivity index (χ0) is 15.4. The van der Waals surface area contributed by atoms with Crippen LogP contribution in [0, 0.1) is 0 Å².